The van der Waals surface area contributed by atoms with Crippen molar-refractivity contribution in [2.45, 2.75) is 5.51 Å². The van der Waals surface area contributed by atoms with Gasteiger partial charge in [-0.3, -0.25) is 10.1 Å². The Morgan fingerprint density at radius 1 is 1.32 bits per heavy atom. The van der Waals surface area contributed by atoms with Crippen molar-refractivity contribution in [1.29, 1.82) is 0 Å². The van der Waals surface area contributed by atoms with Crippen LogP contribution in [0.3, 0.4) is 0 Å². The minimum absolute atomic E-state index is 0.00332. The van der Waals surface area contributed by atoms with Crippen molar-refractivity contribution in [2.75, 3.05) is 17.6 Å². The zero-order valence-electron chi connectivity index (χ0n) is 9.13. The number of benzene rings is 1. The molecule has 0 bridgehead atoms. The van der Waals surface area contributed by atoms with Gasteiger partial charge < -0.3 is 5.32 Å². The van der Waals surface area contributed by atoms with E-state index in [1.165, 1.54) is 6.07 Å². The molecule has 0 radical (unpaired) electrons. The monoisotopic (exact) mass is 334 g/mol. The van der Waals surface area contributed by atoms with Crippen LogP contribution in [0, 0.1) is 10.1 Å². The van der Waals surface area contributed by atoms with Crippen LogP contribution in [0.2, 0.25) is 10.0 Å². The third-order valence-corrected chi connectivity index (χ3v) is 3.38. The fraction of sp³-hybridized carbons (Fsp3) is 0.333. The third kappa shape index (κ3) is 5.33. The molecule has 1 aromatic rings. The summed E-state index contributed by atoms with van der Waals surface area (Å²) in [6.07, 6.45) is 0. The highest BCUT2D eigenvalue weighted by molar-refractivity contribution is 8.00. The van der Waals surface area contributed by atoms with Crippen LogP contribution in [0.15, 0.2) is 12.1 Å². The number of hydrogen-bond donors (Lipinski definition) is 1. The van der Waals surface area contributed by atoms with Gasteiger partial charge in [-0.2, -0.15) is 13.2 Å². The van der Waals surface area contributed by atoms with Crippen molar-refractivity contribution in [1.82, 2.24) is 0 Å². The van der Waals surface area contributed by atoms with Gasteiger partial charge in [0.1, 0.15) is 5.69 Å². The number of anilines is 1. The second-order valence-electron chi connectivity index (χ2n) is 3.26. The lowest BCUT2D eigenvalue weighted by molar-refractivity contribution is -0.383. The topological polar surface area (TPSA) is 55.2 Å². The average molecular weight is 335 g/mol. The van der Waals surface area contributed by atoms with E-state index >= 15 is 0 Å². The van der Waals surface area contributed by atoms with E-state index in [-0.39, 0.29) is 45.5 Å². The number of alkyl halides is 3. The molecule has 0 aliphatic heterocycles. The number of halogens is 5. The van der Waals surface area contributed by atoms with Crippen molar-refractivity contribution in [3.05, 3.63) is 32.3 Å². The van der Waals surface area contributed by atoms with Gasteiger partial charge in [0.2, 0.25) is 0 Å². The highest BCUT2D eigenvalue weighted by Gasteiger charge is 2.27. The molecule has 0 heterocycles. The van der Waals surface area contributed by atoms with Gasteiger partial charge >= 0.3 is 5.51 Å². The Bertz CT molecular complexity index is 485. The van der Waals surface area contributed by atoms with E-state index in [0.29, 0.717) is 0 Å². The lowest BCUT2D eigenvalue weighted by atomic mass is 10.2. The SMILES string of the molecule is O=[N+]([O-])c1cc(Cl)c(Cl)cc1NCCSC(F)(F)F. The Kier molecular flexibility index (Phi) is 5.57. The number of nitro benzene ring substituents is 1. The van der Waals surface area contributed by atoms with Gasteiger partial charge in [-0.15, -0.1) is 0 Å². The van der Waals surface area contributed by atoms with Crippen molar-refractivity contribution < 1.29 is 18.1 Å². The fourth-order valence-electron chi connectivity index (χ4n) is 1.18. The van der Waals surface area contributed by atoms with Crippen LogP contribution in [0.1, 0.15) is 0 Å². The predicted molar refractivity (Wildman–Crippen MR) is 70.1 cm³/mol. The largest absolute Gasteiger partial charge is 0.441 e. The number of nitro groups is 1. The summed E-state index contributed by atoms with van der Waals surface area (Å²) >= 11 is 11.1. The van der Waals surface area contributed by atoms with Crippen LogP contribution in [-0.2, 0) is 0 Å². The lowest BCUT2D eigenvalue weighted by Crippen LogP contribution is -2.10. The Balaban J connectivity index is 2.72. The third-order valence-electron chi connectivity index (χ3n) is 1.92. The maximum Gasteiger partial charge on any atom is 0.441 e. The molecule has 0 fully saturated rings. The van der Waals surface area contributed by atoms with E-state index in [9.17, 15) is 23.3 Å². The molecule has 0 saturated heterocycles. The summed E-state index contributed by atoms with van der Waals surface area (Å²) in [4.78, 5) is 10.1. The molecule has 106 valence electrons. The molecule has 0 saturated carbocycles. The maximum atomic E-state index is 11.9. The number of nitrogens with one attached hydrogen (secondary N) is 1. The first kappa shape index (κ1) is 16.2. The van der Waals surface area contributed by atoms with Crippen molar-refractivity contribution in [3.8, 4) is 0 Å². The summed E-state index contributed by atoms with van der Waals surface area (Å²) < 4.78 is 35.7. The lowest BCUT2D eigenvalue weighted by Gasteiger charge is -2.09. The Morgan fingerprint density at radius 2 is 1.89 bits per heavy atom. The molecule has 4 nitrogen and oxygen atoms in total. The molecule has 0 unspecified atom stereocenters. The van der Waals surface area contributed by atoms with Gasteiger partial charge in [-0.05, 0) is 17.8 Å². The van der Waals surface area contributed by atoms with E-state index in [2.05, 4.69) is 5.32 Å². The standard InChI is InChI=1S/C9H7Cl2F3N2O2S/c10-5-3-7(8(16(17)18)4-6(5)11)15-1-2-19-9(12,13)14/h3-4,15H,1-2H2. The molecule has 0 aliphatic carbocycles. The molecule has 1 rings (SSSR count). The molecule has 0 atom stereocenters. The van der Waals surface area contributed by atoms with Gasteiger partial charge in [0.25, 0.3) is 5.69 Å². The van der Waals surface area contributed by atoms with Crippen molar-refractivity contribution in [3.63, 3.8) is 0 Å². The van der Waals surface area contributed by atoms with Crippen LogP contribution < -0.4 is 5.32 Å². The second kappa shape index (κ2) is 6.53. The van der Waals surface area contributed by atoms with E-state index in [4.69, 9.17) is 23.2 Å². The van der Waals surface area contributed by atoms with E-state index in [1.54, 1.807) is 0 Å². The van der Waals surface area contributed by atoms with Crippen LogP contribution in [-0.4, -0.2) is 22.7 Å². The van der Waals surface area contributed by atoms with E-state index < -0.39 is 10.4 Å². The summed E-state index contributed by atoms with van der Waals surface area (Å²) in [7, 11) is 0. The van der Waals surface area contributed by atoms with Crippen LogP contribution >= 0.6 is 35.0 Å². The van der Waals surface area contributed by atoms with E-state index in [1.807, 2.05) is 0 Å². The average Bonchev–Trinajstić information content (AvgIpc) is 2.27. The normalized spacial score (nSPS) is 11.4. The first-order valence-corrected chi connectivity index (χ1v) is 6.53. The highest BCUT2D eigenvalue weighted by atomic mass is 35.5. The number of rotatable bonds is 5. The highest BCUT2D eigenvalue weighted by Crippen LogP contribution is 2.34. The van der Waals surface area contributed by atoms with Gasteiger partial charge in [0.05, 0.1) is 15.0 Å². The second-order valence-corrected chi connectivity index (χ2v) is 5.24. The number of hydrogen-bond acceptors (Lipinski definition) is 4. The fourth-order valence-corrected chi connectivity index (χ4v) is 1.94. The summed E-state index contributed by atoms with van der Waals surface area (Å²) in [6, 6.07) is 2.25. The first-order chi connectivity index (χ1) is 8.70. The summed E-state index contributed by atoms with van der Waals surface area (Å²) in [5.41, 5.74) is -4.64. The van der Waals surface area contributed by atoms with Crippen molar-refractivity contribution in [2.24, 2.45) is 0 Å². The van der Waals surface area contributed by atoms with Gasteiger partial charge in [0, 0.05) is 18.4 Å². The molecule has 1 N–H and O–H groups in total. The molecule has 19 heavy (non-hydrogen) atoms. The van der Waals surface area contributed by atoms with Crippen LogP contribution in [0.4, 0.5) is 24.5 Å². The molecule has 10 heteroatoms. The molecule has 0 aliphatic rings. The minimum atomic E-state index is -4.33. The van der Waals surface area contributed by atoms with Crippen LogP contribution in [0.5, 0.6) is 0 Å². The summed E-state index contributed by atoms with van der Waals surface area (Å²) in [5, 5.41) is 13.4. The predicted octanol–water partition coefficient (Wildman–Crippen LogP) is 4.57. The van der Waals surface area contributed by atoms with E-state index in [0.717, 1.165) is 6.07 Å². The molecular formula is C9H7Cl2F3N2O2S. The number of nitrogens with zero attached hydrogens (tertiary/aromatic N) is 1. The molecule has 0 amide bonds. The van der Waals surface area contributed by atoms with Gasteiger partial charge in [-0.1, -0.05) is 23.2 Å². The zero-order chi connectivity index (χ0) is 14.6. The first-order valence-electron chi connectivity index (χ1n) is 4.78. The molecule has 1 aromatic carbocycles. The smallest absolute Gasteiger partial charge is 0.379 e. The summed E-state index contributed by atoms with van der Waals surface area (Å²) in [6.45, 7) is -0.0943. The molecular weight excluding hydrogens is 328 g/mol. The molecule has 0 aromatic heterocycles. The van der Waals surface area contributed by atoms with Crippen LogP contribution in [0.25, 0.3) is 0 Å². The number of thioether (sulfide) groups is 1. The maximum absolute atomic E-state index is 11.9. The summed E-state index contributed by atoms with van der Waals surface area (Å²) in [5.74, 6) is -0.277. The van der Waals surface area contributed by atoms with Gasteiger partial charge in [0.15, 0.2) is 0 Å². The zero-order valence-corrected chi connectivity index (χ0v) is 11.5. The Morgan fingerprint density at radius 3 is 2.42 bits per heavy atom. The van der Waals surface area contributed by atoms with Gasteiger partial charge in [-0.25, -0.2) is 0 Å². The Hall–Kier alpha value is -0.860. The van der Waals surface area contributed by atoms with Crippen molar-refractivity contribution >= 4 is 46.3 Å². The quantitative estimate of drug-likeness (QED) is 0.487. The minimum Gasteiger partial charge on any atom is -0.379 e. The molecule has 0 spiro atoms. The Labute approximate surface area is 120 Å².